The van der Waals surface area contributed by atoms with Crippen molar-refractivity contribution in [1.29, 1.82) is 0 Å². The number of H-pyrrole nitrogens is 1. The van der Waals surface area contributed by atoms with Crippen LogP contribution < -0.4 is 5.73 Å². The van der Waals surface area contributed by atoms with E-state index in [-0.39, 0.29) is 12.0 Å². The van der Waals surface area contributed by atoms with E-state index in [1.807, 2.05) is 0 Å². The van der Waals surface area contributed by atoms with Crippen molar-refractivity contribution < 1.29 is 14.7 Å². The van der Waals surface area contributed by atoms with E-state index in [4.69, 9.17) is 10.8 Å². The average molecular weight is 168 g/mol. The van der Waals surface area contributed by atoms with Gasteiger partial charge in [0.05, 0.1) is 12.0 Å². The molecule has 1 aromatic heterocycles. The van der Waals surface area contributed by atoms with Crippen LogP contribution in [0.1, 0.15) is 16.1 Å². The Morgan fingerprint density at radius 1 is 1.58 bits per heavy atom. The Morgan fingerprint density at radius 2 is 2.25 bits per heavy atom. The number of rotatable bonds is 3. The fraction of sp³-hybridized carbons (Fsp3) is 0.143. The number of aliphatic carboxylic acids is 1. The predicted molar refractivity (Wildman–Crippen MR) is 40.7 cm³/mol. The number of hydrogen-bond acceptors (Lipinski definition) is 2. The first-order valence-corrected chi connectivity index (χ1v) is 3.29. The number of aromatic amines is 1. The summed E-state index contributed by atoms with van der Waals surface area (Å²) in [7, 11) is 0. The molecule has 0 aliphatic heterocycles. The minimum atomic E-state index is -1.00. The molecule has 4 N–H and O–H groups in total. The molecule has 0 spiro atoms. The molecule has 0 atom stereocenters. The Morgan fingerprint density at radius 3 is 2.75 bits per heavy atom. The lowest BCUT2D eigenvalue weighted by atomic mass is 10.2. The van der Waals surface area contributed by atoms with Gasteiger partial charge < -0.3 is 15.8 Å². The third-order valence-corrected chi connectivity index (χ3v) is 1.43. The SMILES string of the molecule is NC(=O)c1cc[nH]c1CC(=O)O. The smallest absolute Gasteiger partial charge is 0.309 e. The number of carboxylic acid groups (broad SMARTS) is 1. The number of nitrogens with two attached hydrogens (primary N) is 1. The third-order valence-electron chi connectivity index (χ3n) is 1.43. The summed E-state index contributed by atoms with van der Waals surface area (Å²) in [5, 5.41) is 8.42. The predicted octanol–water partition coefficient (Wildman–Crippen LogP) is -0.259. The summed E-state index contributed by atoms with van der Waals surface area (Å²) in [5.41, 5.74) is 5.56. The summed E-state index contributed by atoms with van der Waals surface area (Å²) in [6, 6.07) is 1.46. The summed E-state index contributed by atoms with van der Waals surface area (Å²) in [5.74, 6) is -1.62. The van der Waals surface area contributed by atoms with Crippen molar-refractivity contribution in [1.82, 2.24) is 4.98 Å². The van der Waals surface area contributed by atoms with Crippen molar-refractivity contribution in [3.05, 3.63) is 23.5 Å². The molecule has 1 rings (SSSR count). The number of carboxylic acids is 1. The molecule has 0 aliphatic carbocycles. The number of carbonyl (C=O) groups excluding carboxylic acids is 1. The van der Waals surface area contributed by atoms with E-state index in [9.17, 15) is 9.59 Å². The van der Waals surface area contributed by atoms with Gasteiger partial charge in [-0.25, -0.2) is 0 Å². The van der Waals surface area contributed by atoms with Crippen molar-refractivity contribution >= 4 is 11.9 Å². The van der Waals surface area contributed by atoms with Gasteiger partial charge in [0.15, 0.2) is 0 Å². The molecular weight excluding hydrogens is 160 g/mol. The highest BCUT2D eigenvalue weighted by molar-refractivity contribution is 5.94. The molecule has 1 amide bonds. The van der Waals surface area contributed by atoms with E-state index < -0.39 is 11.9 Å². The summed E-state index contributed by atoms with van der Waals surface area (Å²) in [6.45, 7) is 0. The monoisotopic (exact) mass is 168 g/mol. The van der Waals surface area contributed by atoms with Gasteiger partial charge in [0, 0.05) is 11.9 Å². The Balaban J connectivity index is 2.91. The standard InChI is InChI=1S/C7H8N2O3/c8-7(12)4-1-2-9-5(4)3-6(10)11/h1-2,9H,3H2,(H2,8,12)(H,10,11). The molecule has 5 nitrogen and oxygen atoms in total. The van der Waals surface area contributed by atoms with E-state index >= 15 is 0 Å². The zero-order chi connectivity index (χ0) is 9.14. The lowest BCUT2D eigenvalue weighted by molar-refractivity contribution is -0.136. The van der Waals surface area contributed by atoms with Crippen molar-refractivity contribution in [2.45, 2.75) is 6.42 Å². The number of carbonyl (C=O) groups is 2. The molecule has 1 heterocycles. The number of aromatic nitrogens is 1. The molecule has 0 radical (unpaired) electrons. The number of amides is 1. The summed E-state index contributed by atoms with van der Waals surface area (Å²) in [4.78, 5) is 23.6. The molecule has 0 fully saturated rings. The van der Waals surface area contributed by atoms with Crippen LogP contribution in [0.2, 0.25) is 0 Å². The lowest BCUT2D eigenvalue weighted by Crippen LogP contribution is -2.14. The number of nitrogens with one attached hydrogen (secondary N) is 1. The second-order valence-electron chi connectivity index (χ2n) is 2.30. The van der Waals surface area contributed by atoms with E-state index in [0.29, 0.717) is 5.69 Å². The maximum absolute atomic E-state index is 10.7. The molecule has 0 bridgehead atoms. The second-order valence-corrected chi connectivity index (χ2v) is 2.30. The molecule has 0 unspecified atom stereocenters. The van der Waals surface area contributed by atoms with Crippen LogP contribution in [-0.2, 0) is 11.2 Å². The Hall–Kier alpha value is -1.78. The van der Waals surface area contributed by atoms with E-state index in [1.54, 1.807) is 0 Å². The Labute approximate surface area is 68.2 Å². The van der Waals surface area contributed by atoms with Gasteiger partial charge >= 0.3 is 5.97 Å². The van der Waals surface area contributed by atoms with E-state index in [0.717, 1.165) is 0 Å². The van der Waals surface area contributed by atoms with E-state index in [2.05, 4.69) is 4.98 Å². The van der Waals surface area contributed by atoms with Gasteiger partial charge in [-0.3, -0.25) is 9.59 Å². The summed E-state index contributed by atoms with van der Waals surface area (Å²) < 4.78 is 0. The van der Waals surface area contributed by atoms with Gasteiger partial charge in [-0.1, -0.05) is 0 Å². The number of hydrogen-bond donors (Lipinski definition) is 3. The fourth-order valence-corrected chi connectivity index (χ4v) is 0.932. The van der Waals surface area contributed by atoms with Crippen LogP contribution in [0, 0.1) is 0 Å². The molecule has 5 heteroatoms. The first kappa shape index (κ1) is 8.32. The largest absolute Gasteiger partial charge is 0.481 e. The van der Waals surface area contributed by atoms with Gasteiger partial charge in [0.1, 0.15) is 0 Å². The summed E-state index contributed by atoms with van der Waals surface area (Å²) in [6.07, 6.45) is 1.27. The third kappa shape index (κ3) is 1.63. The Bertz CT molecular complexity index is 316. The zero-order valence-corrected chi connectivity index (χ0v) is 6.20. The average Bonchev–Trinajstić information content (AvgIpc) is 2.33. The Kier molecular flexibility index (Phi) is 2.14. The van der Waals surface area contributed by atoms with Crippen LogP contribution in [0.4, 0.5) is 0 Å². The van der Waals surface area contributed by atoms with Crippen molar-refractivity contribution in [2.24, 2.45) is 5.73 Å². The second kappa shape index (κ2) is 3.08. The zero-order valence-electron chi connectivity index (χ0n) is 6.20. The first-order valence-electron chi connectivity index (χ1n) is 3.29. The van der Waals surface area contributed by atoms with Gasteiger partial charge in [0.25, 0.3) is 5.91 Å². The van der Waals surface area contributed by atoms with Gasteiger partial charge in [-0.2, -0.15) is 0 Å². The van der Waals surface area contributed by atoms with Crippen LogP contribution in [0.3, 0.4) is 0 Å². The fourth-order valence-electron chi connectivity index (χ4n) is 0.932. The molecular formula is C7H8N2O3. The van der Waals surface area contributed by atoms with Gasteiger partial charge in [-0.15, -0.1) is 0 Å². The topological polar surface area (TPSA) is 96.2 Å². The van der Waals surface area contributed by atoms with Crippen molar-refractivity contribution in [3.8, 4) is 0 Å². The molecule has 0 aromatic carbocycles. The van der Waals surface area contributed by atoms with Gasteiger partial charge in [-0.05, 0) is 6.07 Å². The summed E-state index contributed by atoms with van der Waals surface area (Å²) >= 11 is 0. The lowest BCUT2D eigenvalue weighted by Gasteiger charge is -1.95. The quantitative estimate of drug-likeness (QED) is 0.580. The normalized spacial score (nSPS) is 9.67. The van der Waals surface area contributed by atoms with Crippen LogP contribution in [-0.4, -0.2) is 22.0 Å². The number of primary amides is 1. The van der Waals surface area contributed by atoms with Gasteiger partial charge in [0.2, 0.25) is 0 Å². The first-order chi connectivity index (χ1) is 5.61. The highest BCUT2D eigenvalue weighted by Gasteiger charge is 2.11. The van der Waals surface area contributed by atoms with Crippen LogP contribution in [0.15, 0.2) is 12.3 Å². The molecule has 64 valence electrons. The van der Waals surface area contributed by atoms with E-state index in [1.165, 1.54) is 12.3 Å². The minimum absolute atomic E-state index is 0.217. The molecule has 0 saturated carbocycles. The highest BCUT2D eigenvalue weighted by Crippen LogP contribution is 2.05. The molecule has 0 saturated heterocycles. The minimum Gasteiger partial charge on any atom is -0.481 e. The maximum atomic E-state index is 10.7. The molecule has 1 aromatic rings. The van der Waals surface area contributed by atoms with Crippen LogP contribution in [0.25, 0.3) is 0 Å². The molecule has 12 heavy (non-hydrogen) atoms. The highest BCUT2D eigenvalue weighted by atomic mass is 16.4. The van der Waals surface area contributed by atoms with Crippen LogP contribution >= 0.6 is 0 Å². The van der Waals surface area contributed by atoms with Crippen LogP contribution in [0.5, 0.6) is 0 Å². The maximum Gasteiger partial charge on any atom is 0.309 e. The van der Waals surface area contributed by atoms with Crippen molar-refractivity contribution in [3.63, 3.8) is 0 Å². The molecule has 0 aliphatic rings. The van der Waals surface area contributed by atoms with Crippen molar-refractivity contribution in [2.75, 3.05) is 0 Å².